The van der Waals surface area contributed by atoms with Crippen molar-refractivity contribution in [2.45, 2.75) is 25.8 Å². The summed E-state index contributed by atoms with van der Waals surface area (Å²) in [5.74, 6) is 1.48. The van der Waals surface area contributed by atoms with E-state index in [0.717, 1.165) is 49.7 Å². The van der Waals surface area contributed by atoms with Gasteiger partial charge >= 0.3 is 0 Å². The third-order valence-corrected chi connectivity index (χ3v) is 5.44. The van der Waals surface area contributed by atoms with E-state index in [1.807, 2.05) is 12.3 Å². The number of piperazine rings is 1. The Morgan fingerprint density at radius 1 is 1.11 bits per heavy atom. The Morgan fingerprint density at radius 3 is 2.78 bits per heavy atom. The van der Waals surface area contributed by atoms with Gasteiger partial charge in [-0.15, -0.1) is 0 Å². The number of aryl methyl sites for hydroxylation is 2. The molecule has 4 rings (SSSR count). The molecule has 6 nitrogen and oxygen atoms in total. The van der Waals surface area contributed by atoms with Gasteiger partial charge in [-0.2, -0.15) is 0 Å². The van der Waals surface area contributed by atoms with Gasteiger partial charge in [0, 0.05) is 38.1 Å². The molecule has 27 heavy (non-hydrogen) atoms. The number of likely N-dealkylation sites (N-methyl/N-ethyl adjacent to an activating group) is 1. The molecule has 1 aliphatic carbocycles. The fourth-order valence-electron chi connectivity index (χ4n) is 3.78. The molecule has 6 heteroatoms. The number of nitrogens with zero attached hydrogens (tertiary/aromatic N) is 4. The van der Waals surface area contributed by atoms with E-state index >= 15 is 0 Å². The first-order valence-electron chi connectivity index (χ1n) is 9.74. The molecule has 0 radical (unpaired) electrons. The van der Waals surface area contributed by atoms with E-state index in [1.165, 1.54) is 24.0 Å². The Balaban J connectivity index is 1.38. The molecule has 142 valence electrons. The first kappa shape index (κ1) is 17.8. The zero-order chi connectivity index (χ0) is 18.6. The Bertz CT molecular complexity index is 823. The summed E-state index contributed by atoms with van der Waals surface area (Å²) in [6, 6.07) is 10.6. The van der Waals surface area contributed by atoms with Crippen molar-refractivity contribution in [2.75, 3.05) is 43.4 Å². The number of benzene rings is 1. The number of aliphatic imine (C=N–C) groups is 1. The smallest absolute Gasteiger partial charge is 0.193 e. The van der Waals surface area contributed by atoms with E-state index in [9.17, 15) is 0 Å². The van der Waals surface area contributed by atoms with Crippen molar-refractivity contribution < 1.29 is 0 Å². The fourth-order valence-corrected chi connectivity index (χ4v) is 3.78. The topological polar surface area (TPSA) is 69.8 Å². The number of hydrogen-bond acceptors (Lipinski definition) is 4. The van der Waals surface area contributed by atoms with Crippen LogP contribution in [0.5, 0.6) is 0 Å². The summed E-state index contributed by atoms with van der Waals surface area (Å²) in [4.78, 5) is 13.7. The van der Waals surface area contributed by atoms with Crippen LogP contribution >= 0.6 is 0 Å². The lowest BCUT2D eigenvalue weighted by Crippen LogP contribution is -2.44. The van der Waals surface area contributed by atoms with Crippen LogP contribution in [0, 0.1) is 0 Å². The molecule has 0 amide bonds. The van der Waals surface area contributed by atoms with E-state index in [0.29, 0.717) is 12.5 Å². The maximum atomic E-state index is 6.10. The van der Waals surface area contributed by atoms with Crippen molar-refractivity contribution in [3.63, 3.8) is 0 Å². The molecule has 2 aliphatic rings. The third kappa shape index (κ3) is 4.39. The average molecular weight is 364 g/mol. The number of anilines is 2. The molecule has 0 spiro atoms. The van der Waals surface area contributed by atoms with Crippen LogP contribution in [-0.2, 0) is 19.4 Å². The van der Waals surface area contributed by atoms with Gasteiger partial charge < -0.3 is 20.9 Å². The van der Waals surface area contributed by atoms with Crippen molar-refractivity contribution in [3.05, 3.63) is 53.2 Å². The van der Waals surface area contributed by atoms with Crippen molar-refractivity contribution in [1.82, 2.24) is 9.88 Å². The van der Waals surface area contributed by atoms with Crippen LogP contribution in [0.25, 0.3) is 0 Å². The van der Waals surface area contributed by atoms with Crippen LogP contribution in [0.4, 0.5) is 11.5 Å². The molecule has 1 aromatic carbocycles. The summed E-state index contributed by atoms with van der Waals surface area (Å²) in [5.41, 5.74) is 11.1. The summed E-state index contributed by atoms with van der Waals surface area (Å²) in [5, 5.41) is 3.22. The molecule has 1 fully saturated rings. The SMILES string of the molecule is CN1CCN(c2cc(CN=C(N)Nc3ccc4c(c3)CCC4)ccn2)CC1. The van der Waals surface area contributed by atoms with Crippen LogP contribution < -0.4 is 16.0 Å². The van der Waals surface area contributed by atoms with E-state index in [1.54, 1.807) is 0 Å². The van der Waals surface area contributed by atoms with Gasteiger partial charge in [-0.1, -0.05) is 6.07 Å². The molecular formula is C21H28N6. The van der Waals surface area contributed by atoms with Gasteiger partial charge in [0.15, 0.2) is 5.96 Å². The predicted molar refractivity (Wildman–Crippen MR) is 111 cm³/mol. The first-order chi connectivity index (χ1) is 13.2. The fraction of sp³-hybridized carbons (Fsp3) is 0.429. The average Bonchev–Trinajstić information content (AvgIpc) is 3.15. The largest absolute Gasteiger partial charge is 0.370 e. The zero-order valence-electron chi connectivity index (χ0n) is 16.0. The van der Waals surface area contributed by atoms with Gasteiger partial charge in [-0.05, 0) is 67.3 Å². The highest BCUT2D eigenvalue weighted by molar-refractivity contribution is 5.92. The molecular weight excluding hydrogens is 336 g/mol. The van der Waals surface area contributed by atoms with Crippen molar-refractivity contribution in [2.24, 2.45) is 10.7 Å². The quantitative estimate of drug-likeness (QED) is 0.643. The Morgan fingerprint density at radius 2 is 1.93 bits per heavy atom. The second-order valence-electron chi connectivity index (χ2n) is 7.48. The minimum Gasteiger partial charge on any atom is -0.370 e. The van der Waals surface area contributed by atoms with Gasteiger partial charge in [0.25, 0.3) is 0 Å². The van der Waals surface area contributed by atoms with Gasteiger partial charge in [0.05, 0.1) is 6.54 Å². The summed E-state index contributed by atoms with van der Waals surface area (Å²) in [6.45, 7) is 4.72. The third-order valence-electron chi connectivity index (χ3n) is 5.44. The summed E-state index contributed by atoms with van der Waals surface area (Å²) < 4.78 is 0. The maximum Gasteiger partial charge on any atom is 0.193 e. The number of hydrogen-bond donors (Lipinski definition) is 2. The minimum absolute atomic E-state index is 0.450. The standard InChI is InChI=1S/C21H28N6/c1-26-9-11-27(12-10-26)20-13-16(7-8-23-20)15-24-21(22)25-19-6-5-17-3-2-4-18(17)14-19/h5-8,13-14H,2-4,9-12,15H2,1H3,(H3,22,24,25). The normalized spacial score (nSPS) is 17.8. The van der Waals surface area contributed by atoms with Gasteiger partial charge in [-0.3, -0.25) is 0 Å². The summed E-state index contributed by atoms with van der Waals surface area (Å²) in [6.07, 6.45) is 5.47. The Hall–Kier alpha value is -2.60. The lowest BCUT2D eigenvalue weighted by atomic mass is 10.1. The highest BCUT2D eigenvalue weighted by Gasteiger charge is 2.15. The number of pyridine rings is 1. The molecule has 1 aliphatic heterocycles. The van der Waals surface area contributed by atoms with Gasteiger partial charge in [-0.25, -0.2) is 9.98 Å². The number of nitrogens with two attached hydrogens (primary N) is 1. The van der Waals surface area contributed by atoms with Crippen LogP contribution in [0.2, 0.25) is 0 Å². The van der Waals surface area contributed by atoms with Crippen LogP contribution in [0.15, 0.2) is 41.5 Å². The van der Waals surface area contributed by atoms with E-state index in [-0.39, 0.29) is 0 Å². The van der Waals surface area contributed by atoms with E-state index in [4.69, 9.17) is 5.73 Å². The van der Waals surface area contributed by atoms with Crippen LogP contribution in [0.3, 0.4) is 0 Å². The van der Waals surface area contributed by atoms with Crippen molar-refractivity contribution in [3.8, 4) is 0 Å². The molecule has 0 unspecified atom stereocenters. The zero-order valence-corrected chi connectivity index (χ0v) is 16.0. The number of guanidine groups is 1. The van der Waals surface area contributed by atoms with Crippen molar-refractivity contribution in [1.29, 1.82) is 0 Å². The van der Waals surface area contributed by atoms with Crippen LogP contribution in [0.1, 0.15) is 23.1 Å². The van der Waals surface area contributed by atoms with Crippen LogP contribution in [-0.4, -0.2) is 49.1 Å². The highest BCUT2D eigenvalue weighted by atomic mass is 15.3. The molecule has 0 bridgehead atoms. The molecule has 0 atom stereocenters. The second kappa shape index (κ2) is 7.96. The predicted octanol–water partition coefficient (Wildman–Crippen LogP) is 2.25. The second-order valence-corrected chi connectivity index (χ2v) is 7.48. The number of fused-ring (bicyclic) bond motifs is 1. The summed E-state index contributed by atoms with van der Waals surface area (Å²) >= 11 is 0. The Kier molecular flexibility index (Phi) is 5.25. The molecule has 2 heterocycles. The number of aromatic nitrogens is 1. The van der Waals surface area contributed by atoms with Gasteiger partial charge in [0.1, 0.15) is 5.82 Å². The maximum absolute atomic E-state index is 6.10. The lowest BCUT2D eigenvalue weighted by molar-refractivity contribution is 0.312. The monoisotopic (exact) mass is 364 g/mol. The lowest BCUT2D eigenvalue weighted by Gasteiger charge is -2.33. The molecule has 2 aromatic rings. The molecule has 1 saturated heterocycles. The summed E-state index contributed by atoms with van der Waals surface area (Å²) in [7, 11) is 2.16. The first-order valence-corrected chi connectivity index (χ1v) is 9.74. The van der Waals surface area contributed by atoms with E-state index < -0.39 is 0 Å². The highest BCUT2D eigenvalue weighted by Crippen LogP contribution is 2.24. The van der Waals surface area contributed by atoms with E-state index in [2.05, 4.69) is 56.4 Å². The molecule has 0 saturated carbocycles. The number of nitrogens with one attached hydrogen (secondary N) is 1. The van der Waals surface area contributed by atoms with Gasteiger partial charge in [0.2, 0.25) is 0 Å². The molecule has 1 aromatic heterocycles. The minimum atomic E-state index is 0.450. The Labute approximate surface area is 161 Å². The number of rotatable bonds is 4. The van der Waals surface area contributed by atoms with Crippen molar-refractivity contribution >= 4 is 17.5 Å². The molecule has 3 N–H and O–H groups in total.